The molecule has 4 N–H and O–H groups in total. The molecule has 0 saturated carbocycles. The molecule has 0 aliphatic heterocycles. The lowest BCUT2D eigenvalue weighted by atomic mass is 10.2. The van der Waals surface area contributed by atoms with Crippen molar-refractivity contribution in [2.45, 2.75) is 43.6 Å². The predicted octanol–water partition coefficient (Wildman–Crippen LogP) is 1.60. The van der Waals surface area contributed by atoms with Gasteiger partial charge in [-0.05, 0) is 12.8 Å². The Morgan fingerprint density at radius 2 is 2.23 bits per heavy atom. The van der Waals surface area contributed by atoms with Gasteiger partial charge in [0.2, 0.25) is 0 Å². The Balaban J connectivity index is 3.75. The van der Waals surface area contributed by atoms with Crippen molar-refractivity contribution in [2.24, 2.45) is 5.73 Å². The summed E-state index contributed by atoms with van der Waals surface area (Å²) in [4.78, 5) is 0. The van der Waals surface area contributed by atoms with Crippen LogP contribution in [0.5, 0.6) is 0 Å². The second kappa shape index (κ2) is 7.21. The molecule has 3 nitrogen and oxygen atoms in total. The molecule has 0 rings (SSSR count). The number of thioether (sulfide) groups is 1. The molecule has 0 aromatic heterocycles. The highest BCUT2D eigenvalue weighted by molar-refractivity contribution is 8.00. The number of hydrogen-bond acceptors (Lipinski definition) is 3. The van der Waals surface area contributed by atoms with E-state index >= 15 is 0 Å². The van der Waals surface area contributed by atoms with Crippen molar-refractivity contribution in [1.29, 1.82) is 5.41 Å². The number of nitrogens with one attached hydrogen (secondary N) is 1. The van der Waals surface area contributed by atoms with Gasteiger partial charge in [0.05, 0.1) is 5.84 Å². The average molecular weight is 204 g/mol. The van der Waals surface area contributed by atoms with E-state index in [9.17, 15) is 0 Å². The van der Waals surface area contributed by atoms with Gasteiger partial charge in [0.1, 0.15) is 0 Å². The lowest BCUT2D eigenvalue weighted by Gasteiger charge is -2.18. The lowest BCUT2D eigenvalue weighted by molar-refractivity contribution is 0.289. The van der Waals surface area contributed by atoms with Gasteiger partial charge in [-0.2, -0.15) is 11.8 Å². The van der Waals surface area contributed by atoms with E-state index in [4.69, 9.17) is 16.2 Å². The number of aliphatic hydroxyl groups is 1. The highest BCUT2D eigenvalue weighted by Gasteiger charge is 2.12. The van der Waals surface area contributed by atoms with Gasteiger partial charge in [-0.25, -0.2) is 0 Å². The molecule has 0 radical (unpaired) electrons. The van der Waals surface area contributed by atoms with Crippen molar-refractivity contribution < 1.29 is 5.11 Å². The predicted molar refractivity (Wildman–Crippen MR) is 59.4 cm³/mol. The van der Waals surface area contributed by atoms with Crippen LogP contribution in [0, 0.1) is 5.41 Å². The van der Waals surface area contributed by atoms with Crippen molar-refractivity contribution in [3.8, 4) is 0 Å². The van der Waals surface area contributed by atoms with E-state index in [1.807, 2.05) is 11.8 Å². The molecule has 0 aromatic carbocycles. The minimum atomic E-state index is 0.241. The van der Waals surface area contributed by atoms with Gasteiger partial charge in [-0.15, -0.1) is 0 Å². The maximum Gasteiger partial charge on any atom is 0.0916 e. The maximum absolute atomic E-state index is 8.72. The van der Waals surface area contributed by atoms with Gasteiger partial charge in [0.25, 0.3) is 0 Å². The third-order valence-corrected chi connectivity index (χ3v) is 3.45. The second-order valence-electron chi connectivity index (χ2n) is 3.22. The van der Waals surface area contributed by atoms with E-state index in [1.165, 1.54) is 0 Å². The Morgan fingerprint density at radius 1 is 1.62 bits per heavy atom. The molecule has 2 atom stereocenters. The minimum absolute atomic E-state index is 0.241. The van der Waals surface area contributed by atoms with Crippen molar-refractivity contribution in [3.05, 3.63) is 0 Å². The molecule has 13 heavy (non-hydrogen) atoms. The molecule has 4 heteroatoms. The lowest BCUT2D eigenvalue weighted by Crippen LogP contribution is -2.18. The summed E-state index contributed by atoms with van der Waals surface area (Å²) in [6, 6.07) is 0. The first kappa shape index (κ1) is 12.8. The summed E-state index contributed by atoms with van der Waals surface area (Å²) < 4.78 is 0. The topological polar surface area (TPSA) is 70.1 Å². The molecule has 0 saturated heterocycles. The number of amidine groups is 1. The van der Waals surface area contributed by atoms with Crippen LogP contribution >= 0.6 is 11.8 Å². The van der Waals surface area contributed by atoms with Crippen molar-refractivity contribution in [2.75, 3.05) is 6.61 Å². The van der Waals surface area contributed by atoms with E-state index in [-0.39, 0.29) is 12.4 Å². The van der Waals surface area contributed by atoms with Crippen molar-refractivity contribution >= 4 is 17.6 Å². The second-order valence-corrected chi connectivity index (χ2v) is 4.96. The number of nitrogens with two attached hydrogens (primary N) is 1. The van der Waals surface area contributed by atoms with E-state index in [0.717, 1.165) is 12.8 Å². The molecule has 0 fully saturated rings. The van der Waals surface area contributed by atoms with Crippen LogP contribution < -0.4 is 5.73 Å². The smallest absolute Gasteiger partial charge is 0.0916 e. The highest BCUT2D eigenvalue weighted by Crippen LogP contribution is 2.24. The number of rotatable bonds is 7. The molecule has 0 bridgehead atoms. The summed E-state index contributed by atoms with van der Waals surface area (Å²) in [5.41, 5.74) is 5.34. The summed E-state index contributed by atoms with van der Waals surface area (Å²) in [5, 5.41) is 16.8. The summed E-state index contributed by atoms with van der Waals surface area (Å²) in [7, 11) is 0. The fourth-order valence-corrected chi connectivity index (χ4v) is 2.48. The zero-order chi connectivity index (χ0) is 10.3. The summed E-state index contributed by atoms with van der Waals surface area (Å²) in [5.74, 6) is 0.260. The van der Waals surface area contributed by atoms with Crippen LogP contribution in [-0.4, -0.2) is 28.0 Å². The van der Waals surface area contributed by atoms with Crippen LogP contribution in [0.4, 0.5) is 0 Å². The molecular formula is C9H20N2OS. The maximum atomic E-state index is 8.72. The van der Waals surface area contributed by atoms with E-state index in [1.54, 1.807) is 0 Å². The fraction of sp³-hybridized carbons (Fsp3) is 0.889. The molecule has 0 spiro atoms. The Hall–Kier alpha value is -0.220. The molecule has 2 unspecified atom stereocenters. The summed E-state index contributed by atoms with van der Waals surface area (Å²) >= 11 is 1.82. The van der Waals surface area contributed by atoms with Gasteiger partial charge in [-0.1, -0.05) is 13.8 Å². The number of hydrogen-bond donors (Lipinski definition) is 3. The Labute approximate surface area is 84.6 Å². The first-order chi connectivity index (χ1) is 6.10. The Bertz CT molecular complexity index is 153. The van der Waals surface area contributed by atoms with Crippen LogP contribution in [-0.2, 0) is 0 Å². The van der Waals surface area contributed by atoms with Crippen LogP contribution in [0.25, 0.3) is 0 Å². The third-order valence-electron chi connectivity index (χ3n) is 1.86. The quantitative estimate of drug-likeness (QED) is 0.436. The molecule has 0 heterocycles. The van der Waals surface area contributed by atoms with Crippen LogP contribution in [0.3, 0.4) is 0 Å². The largest absolute Gasteiger partial charge is 0.396 e. The highest BCUT2D eigenvalue weighted by atomic mass is 32.2. The molecule has 0 aliphatic carbocycles. The number of aliphatic hydroxyl groups excluding tert-OH is 1. The normalized spacial score (nSPS) is 15.3. The molecule has 78 valence electrons. The van der Waals surface area contributed by atoms with E-state index in [0.29, 0.717) is 16.9 Å². The standard InChI is InChI=1S/C9H20N2OS/c1-3-8(6-9(10)11)13-7(2)4-5-12/h7-8,12H,3-6H2,1-2H3,(H3,10,11). The minimum Gasteiger partial charge on any atom is -0.396 e. The van der Waals surface area contributed by atoms with Gasteiger partial charge in [0.15, 0.2) is 0 Å². The van der Waals surface area contributed by atoms with Gasteiger partial charge in [0, 0.05) is 23.5 Å². The monoisotopic (exact) mass is 204 g/mol. The van der Waals surface area contributed by atoms with Gasteiger partial charge in [-0.3, -0.25) is 5.41 Å². The summed E-state index contributed by atoms with van der Waals surface area (Å²) in [6.07, 6.45) is 2.51. The molecule has 0 aliphatic rings. The zero-order valence-corrected chi connectivity index (χ0v) is 9.23. The first-order valence-electron chi connectivity index (χ1n) is 4.69. The Morgan fingerprint density at radius 3 is 2.62 bits per heavy atom. The third kappa shape index (κ3) is 6.90. The molecular weight excluding hydrogens is 184 g/mol. The summed E-state index contributed by atoms with van der Waals surface area (Å²) in [6.45, 7) is 4.45. The van der Waals surface area contributed by atoms with E-state index in [2.05, 4.69) is 13.8 Å². The van der Waals surface area contributed by atoms with E-state index < -0.39 is 0 Å². The zero-order valence-electron chi connectivity index (χ0n) is 8.42. The van der Waals surface area contributed by atoms with Crippen LogP contribution in [0.15, 0.2) is 0 Å². The molecule has 0 amide bonds. The van der Waals surface area contributed by atoms with Gasteiger partial charge >= 0.3 is 0 Å². The van der Waals surface area contributed by atoms with Crippen molar-refractivity contribution in [1.82, 2.24) is 0 Å². The molecule has 0 aromatic rings. The van der Waals surface area contributed by atoms with Crippen molar-refractivity contribution in [3.63, 3.8) is 0 Å². The van der Waals surface area contributed by atoms with Crippen LogP contribution in [0.1, 0.15) is 33.1 Å². The van der Waals surface area contributed by atoms with Gasteiger partial charge < -0.3 is 10.8 Å². The SMILES string of the molecule is CCC(CC(=N)N)SC(C)CCO. The first-order valence-corrected chi connectivity index (χ1v) is 5.63. The average Bonchev–Trinajstić information content (AvgIpc) is 2.02. The van der Waals surface area contributed by atoms with Crippen LogP contribution in [0.2, 0.25) is 0 Å². The fourth-order valence-electron chi connectivity index (χ4n) is 1.11. The Kier molecular flexibility index (Phi) is 7.09.